The molecule has 0 saturated carbocycles. The van der Waals surface area contributed by atoms with E-state index < -0.39 is 10.9 Å². The number of aryl methyl sites for hydroxylation is 1. The largest absolute Gasteiger partial charge is 0.481 e. The van der Waals surface area contributed by atoms with E-state index in [1.54, 1.807) is 13.0 Å². The molecule has 0 unspecified atom stereocenters. The Bertz CT molecular complexity index is 422. The van der Waals surface area contributed by atoms with Gasteiger partial charge < -0.3 is 5.11 Å². The third-order valence-electron chi connectivity index (χ3n) is 1.83. The number of carboxylic acid groups (broad SMARTS) is 1. The number of nitrogens with zero attached hydrogens (tertiary/aromatic N) is 2. The first-order chi connectivity index (χ1) is 7.52. The molecule has 0 spiro atoms. The number of thioether (sulfide) groups is 1. The molecule has 0 atom stereocenters. The summed E-state index contributed by atoms with van der Waals surface area (Å²) in [6.45, 7) is 1.63. The predicted octanol–water partition coefficient (Wildman–Crippen LogP) is 1.87. The molecule has 1 aromatic rings. The maximum Gasteiger partial charge on any atom is 0.304 e. The summed E-state index contributed by atoms with van der Waals surface area (Å²) in [7, 11) is 0. The maximum absolute atomic E-state index is 10.8. The molecule has 0 aliphatic heterocycles. The van der Waals surface area contributed by atoms with Gasteiger partial charge in [-0.2, -0.15) is 0 Å². The van der Waals surface area contributed by atoms with Gasteiger partial charge >= 0.3 is 11.7 Å². The average molecular weight is 242 g/mol. The molecule has 86 valence electrons. The van der Waals surface area contributed by atoms with Crippen molar-refractivity contribution >= 4 is 23.4 Å². The molecule has 0 amide bonds. The van der Waals surface area contributed by atoms with Gasteiger partial charge in [-0.25, -0.2) is 4.98 Å². The van der Waals surface area contributed by atoms with Crippen LogP contribution in [0.15, 0.2) is 17.3 Å². The van der Waals surface area contributed by atoms with Crippen LogP contribution in [0.3, 0.4) is 0 Å². The first-order valence-corrected chi connectivity index (χ1v) is 5.45. The molecule has 1 N–H and O–H groups in total. The Balaban J connectivity index is 2.83. The highest BCUT2D eigenvalue weighted by atomic mass is 32.2. The number of carbonyl (C=O) groups is 1. The number of pyridine rings is 1. The topological polar surface area (TPSA) is 93.3 Å². The zero-order chi connectivity index (χ0) is 12.1. The first kappa shape index (κ1) is 12.4. The molecule has 0 aromatic carbocycles. The number of carboxylic acids is 1. The molecule has 1 aromatic heterocycles. The van der Waals surface area contributed by atoms with Crippen molar-refractivity contribution in [2.45, 2.75) is 18.4 Å². The van der Waals surface area contributed by atoms with E-state index in [1.165, 1.54) is 6.20 Å². The summed E-state index contributed by atoms with van der Waals surface area (Å²) in [6.07, 6.45) is 1.43. The van der Waals surface area contributed by atoms with Crippen molar-refractivity contribution in [3.63, 3.8) is 0 Å². The summed E-state index contributed by atoms with van der Waals surface area (Å²) >= 11 is 1.08. The van der Waals surface area contributed by atoms with Gasteiger partial charge in [0.1, 0.15) is 0 Å². The maximum atomic E-state index is 10.8. The van der Waals surface area contributed by atoms with E-state index in [0.717, 1.165) is 11.8 Å². The van der Waals surface area contributed by atoms with Crippen molar-refractivity contribution in [3.8, 4) is 0 Å². The van der Waals surface area contributed by atoms with Crippen molar-refractivity contribution in [1.29, 1.82) is 0 Å². The minimum Gasteiger partial charge on any atom is -0.481 e. The van der Waals surface area contributed by atoms with Gasteiger partial charge in [-0.1, -0.05) is 11.8 Å². The van der Waals surface area contributed by atoms with E-state index in [9.17, 15) is 14.9 Å². The Hall–Kier alpha value is -1.63. The third kappa shape index (κ3) is 3.20. The molecule has 0 bridgehead atoms. The van der Waals surface area contributed by atoms with Crippen molar-refractivity contribution in [2.24, 2.45) is 0 Å². The molecule has 0 radical (unpaired) electrons. The molecule has 0 saturated heterocycles. The first-order valence-electron chi connectivity index (χ1n) is 4.47. The monoisotopic (exact) mass is 242 g/mol. The number of aliphatic carboxylic acids is 1. The van der Waals surface area contributed by atoms with Crippen LogP contribution < -0.4 is 0 Å². The lowest BCUT2D eigenvalue weighted by Crippen LogP contribution is -1.99. The van der Waals surface area contributed by atoms with Crippen LogP contribution in [0.1, 0.15) is 12.0 Å². The number of rotatable bonds is 5. The van der Waals surface area contributed by atoms with E-state index in [-0.39, 0.29) is 22.9 Å². The molecule has 6 nitrogen and oxygen atoms in total. The number of hydrogen-bond acceptors (Lipinski definition) is 5. The molecule has 7 heteroatoms. The van der Waals surface area contributed by atoms with Crippen LogP contribution in [0, 0.1) is 17.0 Å². The summed E-state index contributed by atoms with van der Waals surface area (Å²) in [5, 5.41) is 19.5. The highest BCUT2D eigenvalue weighted by Gasteiger charge is 2.18. The zero-order valence-electron chi connectivity index (χ0n) is 8.54. The van der Waals surface area contributed by atoms with Gasteiger partial charge in [0.05, 0.1) is 11.3 Å². The van der Waals surface area contributed by atoms with E-state index >= 15 is 0 Å². The summed E-state index contributed by atoms with van der Waals surface area (Å²) in [6, 6.07) is 1.55. The molecular weight excluding hydrogens is 232 g/mol. The van der Waals surface area contributed by atoms with Crippen molar-refractivity contribution < 1.29 is 14.8 Å². The van der Waals surface area contributed by atoms with E-state index in [0.29, 0.717) is 5.56 Å². The highest BCUT2D eigenvalue weighted by molar-refractivity contribution is 7.99. The minimum atomic E-state index is -0.928. The summed E-state index contributed by atoms with van der Waals surface area (Å²) in [5.74, 6) is -0.657. The van der Waals surface area contributed by atoms with Gasteiger partial charge in [0.15, 0.2) is 5.03 Å². The smallest absolute Gasteiger partial charge is 0.304 e. The standard InChI is InChI=1S/C9H10N2O4S/c1-6-2-4-10-9(8(6)11(14)15)16-5-3-7(12)13/h2,4H,3,5H2,1H3,(H,12,13). The van der Waals surface area contributed by atoms with Crippen molar-refractivity contribution in [2.75, 3.05) is 5.75 Å². The van der Waals surface area contributed by atoms with Gasteiger partial charge in [0.2, 0.25) is 0 Å². The van der Waals surface area contributed by atoms with Gasteiger partial charge in [-0.15, -0.1) is 0 Å². The molecule has 16 heavy (non-hydrogen) atoms. The van der Waals surface area contributed by atoms with E-state index in [4.69, 9.17) is 5.11 Å². The average Bonchev–Trinajstić information content (AvgIpc) is 2.16. The molecule has 0 aliphatic carbocycles. The Labute approximate surface area is 95.8 Å². The molecular formula is C9H10N2O4S. The van der Waals surface area contributed by atoms with Gasteiger partial charge in [0, 0.05) is 17.5 Å². The van der Waals surface area contributed by atoms with Crippen LogP contribution in [0.5, 0.6) is 0 Å². The zero-order valence-corrected chi connectivity index (χ0v) is 9.36. The van der Waals surface area contributed by atoms with Crippen LogP contribution >= 0.6 is 11.8 Å². The fourth-order valence-corrected chi connectivity index (χ4v) is 2.07. The van der Waals surface area contributed by atoms with Gasteiger partial charge in [0.25, 0.3) is 0 Å². The number of aromatic nitrogens is 1. The van der Waals surface area contributed by atoms with Crippen LogP contribution in [-0.4, -0.2) is 26.7 Å². The quantitative estimate of drug-likeness (QED) is 0.481. The highest BCUT2D eigenvalue weighted by Crippen LogP contribution is 2.29. The number of hydrogen-bond donors (Lipinski definition) is 1. The molecule has 1 heterocycles. The fourth-order valence-electron chi connectivity index (χ4n) is 1.09. The lowest BCUT2D eigenvalue weighted by Gasteiger charge is -2.02. The second-order valence-electron chi connectivity index (χ2n) is 3.03. The molecule has 1 rings (SSSR count). The summed E-state index contributed by atoms with van der Waals surface area (Å²) in [5.41, 5.74) is 0.482. The van der Waals surface area contributed by atoms with Crippen LogP contribution in [-0.2, 0) is 4.79 Å². The Kier molecular flexibility index (Phi) is 4.24. The van der Waals surface area contributed by atoms with Crippen molar-refractivity contribution in [3.05, 3.63) is 27.9 Å². The fraction of sp³-hybridized carbons (Fsp3) is 0.333. The molecule has 0 fully saturated rings. The van der Waals surface area contributed by atoms with E-state index in [2.05, 4.69) is 4.98 Å². The van der Waals surface area contributed by atoms with Crippen LogP contribution in [0.4, 0.5) is 5.69 Å². The molecule has 0 aliphatic rings. The summed E-state index contributed by atoms with van der Waals surface area (Å²) < 4.78 is 0. The Morgan fingerprint density at radius 1 is 1.69 bits per heavy atom. The van der Waals surface area contributed by atoms with Gasteiger partial charge in [-0.05, 0) is 13.0 Å². The third-order valence-corrected chi connectivity index (χ3v) is 2.81. The van der Waals surface area contributed by atoms with Crippen LogP contribution in [0.25, 0.3) is 0 Å². The van der Waals surface area contributed by atoms with Crippen molar-refractivity contribution in [1.82, 2.24) is 4.98 Å². The summed E-state index contributed by atoms with van der Waals surface area (Å²) in [4.78, 5) is 24.5. The predicted molar refractivity (Wildman–Crippen MR) is 58.6 cm³/mol. The Morgan fingerprint density at radius 2 is 2.38 bits per heavy atom. The second kappa shape index (κ2) is 5.45. The van der Waals surface area contributed by atoms with E-state index in [1.807, 2.05) is 0 Å². The van der Waals surface area contributed by atoms with Gasteiger partial charge in [-0.3, -0.25) is 14.9 Å². The normalized spacial score (nSPS) is 10.1. The Morgan fingerprint density at radius 3 is 2.94 bits per heavy atom. The minimum absolute atomic E-state index is 0.0436. The van der Waals surface area contributed by atoms with Crippen LogP contribution in [0.2, 0.25) is 0 Å². The SMILES string of the molecule is Cc1ccnc(SCCC(=O)O)c1[N+](=O)[O-]. The second-order valence-corrected chi connectivity index (χ2v) is 4.11. The number of nitro groups is 1. The lowest BCUT2D eigenvalue weighted by molar-refractivity contribution is -0.388. The lowest BCUT2D eigenvalue weighted by atomic mass is 10.3.